The summed E-state index contributed by atoms with van der Waals surface area (Å²) in [5.41, 5.74) is 2.31. The normalized spacial score (nSPS) is 12.6. The van der Waals surface area contributed by atoms with E-state index < -0.39 is 5.91 Å². The fourth-order valence-electron chi connectivity index (χ4n) is 2.87. The van der Waals surface area contributed by atoms with Crippen LogP contribution in [-0.2, 0) is 0 Å². The van der Waals surface area contributed by atoms with Gasteiger partial charge in [-0.25, -0.2) is 0 Å². The topological polar surface area (TPSA) is 87.7 Å². The van der Waals surface area contributed by atoms with Gasteiger partial charge in [-0.15, -0.1) is 0 Å². The van der Waals surface area contributed by atoms with Gasteiger partial charge < -0.3 is 10.1 Å². The van der Waals surface area contributed by atoms with Crippen LogP contribution >= 0.6 is 12.2 Å². The van der Waals surface area contributed by atoms with Crippen LogP contribution in [0.1, 0.15) is 36.6 Å². The smallest absolute Gasteiger partial charge is 0.261 e. The number of carbonyl (C=O) groups is 3. The van der Waals surface area contributed by atoms with E-state index in [1.54, 1.807) is 24.3 Å². The van der Waals surface area contributed by atoms with Gasteiger partial charge in [0, 0.05) is 12.7 Å². The predicted octanol–water partition coefficient (Wildman–Crippen LogP) is 2.36. The van der Waals surface area contributed by atoms with Crippen LogP contribution in [0.5, 0.6) is 5.75 Å². The molecule has 0 saturated carbocycles. The van der Waals surface area contributed by atoms with Crippen LogP contribution in [0.4, 0.5) is 5.69 Å². The number of rotatable bonds is 3. The molecule has 138 valence electrons. The maximum absolute atomic E-state index is 12.5. The maximum Gasteiger partial charge on any atom is 0.261 e. The molecule has 3 amide bonds. The van der Waals surface area contributed by atoms with Crippen LogP contribution in [0, 0.1) is 6.92 Å². The second-order valence-electron chi connectivity index (χ2n) is 5.99. The molecule has 7 nitrogen and oxygen atoms in total. The molecule has 1 aliphatic heterocycles. The first-order chi connectivity index (χ1) is 12.8. The summed E-state index contributed by atoms with van der Waals surface area (Å²) in [4.78, 5) is 37.5. The number of hydrogen-bond acceptors (Lipinski definition) is 5. The molecule has 0 unspecified atom stereocenters. The minimum atomic E-state index is -0.416. The number of nitrogens with one attached hydrogen (secondary N) is 2. The second kappa shape index (κ2) is 7.16. The average molecular weight is 383 g/mol. The van der Waals surface area contributed by atoms with E-state index in [0.29, 0.717) is 28.1 Å². The van der Waals surface area contributed by atoms with Gasteiger partial charge in [-0.3, -0.25) is 24.6 Å². The van der Waals surface area contributed by atoms with Crippen LogP contribution in [0.15, 0.2) is 36.4 Å². The molecule has 8 heteroatoms. The number of benzene rings is 2. The van der Waals surface area contributed by atoms with Crippen molar-refractivity contribution < 1.29 is 19.1 Å². The van der Waals surface area contributed by atoms with Crippen molar-refractivity contribution in [1.29, 1.82) is 0 Å². The van der Waals surface area contributed by atoms with Gasteiger partial charge in [0.1, 0.15) is 5.75 Å². The van der Waals surface area contributed by atoms with Crippen molar-refractivity contribution in [2.24, 2.45) is 0 Å². The summed E-state index contributed by atoms with van der Waals surface area (Å²) in [6.45, 7) is 1.84. The maximum atomic E-state index is 12.5. The van der Waals surface area contributed by atoms with Crippen LogP contribution < -0.4 is 15.4 Å². The Kier molecular flexibility index (Phi) is 4.91. The molecule has 0 atom stereocenters. The summed E-state index contributed by atoms with van der Waals surface area (Å²) in [5, 5.41) is 5.50. The summed E-state index contributed by atoms with van der Waals surface area (Å²) in [6.07, 6.45) is 0. The lowest BCUT2D eigenvalue weighted by Crippen LogP contribution is -2.34. The highest BCUT2D eigenvalue weighted by atomic mass is 32.1. The molecule has 0 spiro atoms. The molecule has 2 N–H and O–H groups in total. The molecule has 0 bridgehead atoms. The first-order valence-corrected chi connectivity index (χ1v) is 8.46. The number of imide groups is 1. The van der Waals surface area contributed by atoms with Crippen LogP contribution in [0.3, 0.4) is 0 Å². The molecular weight excluding hydrogens is 366 g/mol. The zero-order valence-corrected chi connectivity index (χ0v) is 15.8. The van der Waals surface area contributed by atoms with Crippen molar-refractivity contribution in [3.63, 3.8) is 0 Å². The van der Waals surface area contributed by atoms with Crippen LogP contribution in [0.25, 0.3) is 0 Å². The zero-order chi connectivity index (χ0) is 19.7. The first kappa shape index (κ1) is 18.5. The third-order valence-corrected chi connectivity index (χ3v) is 4.44. The highest BCUT2D eigenvalue weighted by Gasteiger charge is 2.32. The lowest BCUT2D eigenvalue weighted by Gasteiger charge is -2.13. The standard InChI is InChI=1S/C19H17N3O4S/c1-10-5-4-6-13(15(10)26-3)16(23)21-19(27)20-11-7-8-12-14(9-11)18(25)22(2)17(12)24/h4-9H,1-3H3,(H2,20,21,23,27). The summed E-state index contributed by atoms with van der Waals surface area (Å²) in [7, 11) is 2.92. The zero-order valence-electron chi connectivity index (χ0n) is 15.0. The van der Waals surface area contributed by atoms with Gasteiger partial charge in [-0.1, -0.05) is 12.1 Å². The molecule has 0 fully saturated rings. The van der Waals surface area contributed by atoms with E-state index >= 15 is 0 Å². The van der Waals surface area contributed by atoms with Crippen LogP contribution in [-0.4, -0.2) is 41.9 Å². The van der Waals surface area contributed by atoms with Gasteiger partial charge in [0.05, 0.1) is 23.8 Å². The minimum absolute atomic E-state index is 0.0636. The second-order valence-corrected chi connectivity index (χ2v) is 6.40. The first-order valence-electron chi connectivity index (χ1n) is 8.06. The van der Waals surface area contributed by atoms with Gasteiger partial charge in [0.2, 0.25) is 0 Å². The van der Waals surface area contributed by atoms with Gasteiger partial charge >= 0.3 is 0 Å². The number of carbonyl (C=O) groups excluding carboxylic acids is 3. The Labute approximate surface area is 161 Å². The Morgan fingerprint density at radius 2 is 1.81 bits per heavy atom. The fraction of sp³-hybridized carbons (Fsp3) is 0.158. The van der Waals surface area contributed by atoms with E-state index in [2.05, 4.69) is 10.6 Å². The minimum Gasteiger partial charge on any atom is -0.496 e. The highest BCUT2D eigenvalue weighted by molar-refractivity contribution is 7.80. The number of anilines is 1. The number of fused-ring (bicyclic) bond motifs is 1. The fourth-order valence-corrected chi connectivity index (χ4v) is 3.08. The molecule has 1 aliphatic rings. The SMILES string of the molecule is COc1c(C)cccc1C(=O)NC(=S)Nc1ccc2c(c1)C(=O)N(C)C2=O. The average Bonchev–Trinajstić information content (AvgIpc) is 2.85. The largest absolute Gasteiger partial charge is 0.496 e. The highest BCUT2D eigenvalue weighted by Crippen LogP contribution is 2.25. The van der Waals surface area contributed by atoms with Gasteiger partial charge in [-0.2, -0.15) is 0 Å². The van der Waals surface area contributed by atoms with Gasteiger partial charge in [0.15, 0.2) is 5.11 Å². The lowest BCUT2D eigenvalue weighted by atomic mass is 10.1. The molecule has 0 saturated heterocycles. The molecule has 0 radical (unpaired) electrons. The quantitative estimate of drug-likeness (QED) is 0.625. The van der Waals surface area contributed by atoms with E-state index in [9.17, 15) is 14.4 Å². The molecule has 0 aliphatic carbocycles. The number of aryl methyl sites for hydroxylation is 1. The number of ether oxygens (including phenoxy) is 1. The molecular formula is C19H17N3O4S. The molecule has 2 aromatic carbocycles. The van der Waals surface area contributed by atoms with Crippen molar-refractivity contribution >= 4 is 40.7 Å². The van der Waals surface area contributed by atoms with Crippen molar-refractivity contribution in [2.75, 3.05) is 19.5 Å². The van der Waals surface area contributed by atoms with Crippen molar-refractivity contribution in [1.82, 2.24) is 10.2 Å². The van der Waals surface area contributed by atoms with Crippen molar-refractivity contribution in [2.45, 2.75) is 6.92 Å². The summed E-state index contributed by atoms with van der Waals surface area (Å²) >= 11 is 5.18. The van der Waals surface area contributed by atoms with E-state index in [1.807, 2.05) is 13.0 Å². The summed E-state index contributed by atoms with van der Waals surface area (Å²) < 4.78 is 5.28. The number of hydrogen-bond donors (Lipinski definition) is 2. The molecule has 0 aromatic heterocycles. The van der Waals surface area contributed by atoms with E-state index in [4.69, 9.17) is 17.0 Å². The summed E-state index contributed by atoms with van der Waals surface area (Å²) in [6, 6.07) is 9.93. The third-order valence-electron chi connectivity index (χ3n) is 4.24. The van der Waals surface area contributed by atoms with Crippen molar-refractivity contribution in [3.05, 3.63) is 58.7 Å². The Bertz CT molecular complexity index is 987. The van der Waals surface area contributed by atoms with Crippen molar-refractivity contribution in [3.8, 4) is 5.75 Å². The number of nitrogens with zero attached hydrogens (tertiary/aromatic N) is 1. The van der Waals surface area contributed by atoms with E-state index in [0.717, 1.165) is 10.5 Å². The molecule has 3 rings (SSSR count). The Morgan fingerprint density at radius 3 is 2.52 bits per heavy atom. The summed E-state index contributed by atoms with van der Waals surface area (Å²) in [5.74, 6) is -0.662. The Morgan fingerprint density at radius 1 is 1.11 bits per heavy atom. The predicted molar refractivity (Wildman–Crippen MR) is 104 cm³/mol. The molecule has 2 aromatic rings. The monoisotopic (exact) mass is 383 g/mol. The molecule has 1 heterocycles. The third kappa shape index (κ3) is 3.39. The number of methoxy groups -OCH3 is 1. The molecule has 27 heavy (non-hydrogen) atoms. The lowest BCUT2D eigenvalue weighted by molar-refractivity contribution is 0.0692. The van der Waals surface area contributed by atoms with Gasteiger partial charge in [-0.05, 0) is 49.0 Å². The van der Waals surface area contributed by atoms with E-state index in [1.165, 1.54) is 20.2 Å². The number of amides is 3. The van der Waals surface area contributed by atoms with Gasteiger partial charge in [0.25, 0.3) is 17.7 Å². The Balaban J connectivity index is 1.74. The Hall–Kier alpha value is -3.26. The number of thiocarbonyl (C=S) groups is 1. The van der Waals surface area contributed by atoms with E-state index in [-0.39, 0.29) is 16.9 Å². The van der Waals surface area contributed by atoms with Crippen LogP contribution in [0.2, 0.25) is 0 Å². The number of para-hydroxylation sites is 1.